The third-order valence-electron chi connectivity index (χ3n) is 1.29. The summed E-state index contributed by atoms with van der Waals surface area (Å²) in [6.07, 6.45) is 3.59. The van der Waals surface area contributed by atoms with Crippen LogP contribution in [0.25, 0.3) is 0 Å². The monoisotopic (exact) mass is 190 g/mol. The molecule has 60 valence electrons. The Balaban J connectivity index is 3.01. The number of allylic oxidation sites excluding steroid dienone is 3. The predicted octanol–water partition coefficient (Wildman–Crippen LogP) is 2.20. The van der Waals surface area contributed by atoms with Crippen LogP contribution in [0.3, 0.4) is 0 Å². The van der Waals surface area contributed by atoms with Gasteiger partial charge in [0, 0.05) is 0 Å². The van der Waals surface area contributed by atoms with Crippen molar-refractivity contribution in [1.29, 1.82) is 0 Å². The number of aliphatic imine (C=N–C) groups is 1. The second kappa shape index (κ2) is 3.28. The first kappa shape index (κ1) is 8.62. The maximum Gasteiger partial charge on any atom is 0.153 e. The Hall–Kier alpha value is -0.470. The van der Waals surface area contributed by atoms with Gasteiger partial charge in [-0.2, -0.15) is 0 Å². The zero-order chi connectivity index (χ0) is 8.43. The van der Waals surface area contributed by atoms with Gasteiger partial charge in [-0.15, -0.1) is 0 Å². The summed E-state index contributed by atoms with van der Waals surface area (Å²) in [4.78, 5) is 3.82. The highest BCUT2D eigenvalue weighted by Crippen LogP contribution is 2.17. The number of hydrogen-bond acceptors (Lipinski definition) is 2. The molecule has 0 aromatic heterocycles. The summed E-state index contributed by atoms with van der Waals surface area (Å²) in [7, 11) is 0. The second-order valence-electron chi connectivity index (χ2n) is 2.37. The molecule has 0 bridgehead atoms. The summed E-state index contributed by atoms with van der Waals surface area (Å²) in [5.41, 5.74) is 6.02. The molecule has 1 heterocycles. The molecule has 2 N–H and O–H groups in total. The first-order valence-electron chi connectivity index (χ1n) is 3.19. The molecule has 1 aliphatic rings. The lowest BCUT2D eigenvalue weighted by atomic mass is 10.1. The van der Waals surface area contributed by atoms with Crippen LogP contribution in [0.5, 0.6) is 0 Å². The molecule has 0 aromatic rings. The van der Waals surface area contributed by atoms with Crippen LogP contribution in [0.2, 0.25) is 0 Å². The van der Waals surface area contributed by atoms with E-state index in [1.165, 1.54) is 0 Å². The van der Waals surface area contributed by atoms with Crippen LogP contribution in [0.15, 0.2) is 28.0 Å². The lowest BCUT2D eigenvalue weighted by Gasteiger charge is -1.96. The second-order valence-corrected chi connectivity index (χ2v) is 3.12. The molecule has 0 saturated heterocycles. The molecule has 0 fully saturated rings. The zero-order valence-electron chi connectivity index (χ0n) is 6.01. The molecule has 2 nitrogen and oxygen atoms in total. The highest BCUT2D eigenvalue weighted by Gasteiger charge is 2.07. The van der Waals surface area contributed by atoms with Crippen molar-refractivity contribution in [2.45, 2.75) is 6.92 Å². The van der Waals surface area contributed by atoms with Gasteiger partial charge in [0.25, 0.3) is 0 Å². The minimum Gasteiger partial charge on any atom is -0.396 e. The van der Waals surface area contributed by atoms with Crippen molar-refractivity contribution in [3.63, 3.8) is 0 Å². The highest BCUT2D eigenvalue weighted by atomic mass is 35.5. The van der Waals surface area contributed by atoms with Gasteiger partial charge in [-0.05, 0) is 12.0 Å². The van der Waals surface area contributed by atoms with E-state index in [-0.39, 0.29) is 11.1 Å². The van der Waals surface area contributed by atoms with E-state index < -0.39 is 0 Å². The van der Waals surface area contributed by atoms with Crippen LogP contribution in [0, 0.1) is 5.92 Å². The van der Waals surface area contributed by atoms with E-state index in [1.54, 1.807) is 12.2 Å². The Morgan fingerprint density at radius 2 is 2.09 bits per heavy atom. The van der Waals surface area contributed by atoms with E-state index in [2.05, 4.69) is 4.99 Å². The normalized spacial score (nSPS) is 25.0. The minimum atomic E-state index is 0.183. The third-order valence-corrected chi connectivity index (χ3v) is 1.80. The van der Waals surface area contributed by atoms with Gasteiger partial charge in [0.05, 0.1) is 5.70 Å². The van der Waals surface area contributed by atoms with Crippen molar-refractivity contribution in [2.75, 3.05) is 0 Å². The molecule has 0 amide bonds. The quantitative estimate of drug-likeness (QED) is 0.585. The smallest absolute Gasteiger partial charge is 0.153 e. The lowest BCUT2D eigenvalue weighted by molar-refractivity contribution is 0.929. The maximum absolute atomic E-state index is 5.68. The fraction of sp³-hybridized carbons (Fsp3) is 0.286. The van der Waals surface area contributed by atoms with Crippen molar-refractivity contribution in [3.05, 3.63) is 23.0 Å². The highest BCUT2D eigenvalue weighted by molar-refractivity contribution is 6.69. The van der Waals surface area contributed by atoms with Gasteiger partial charge in [0.2, 0.25) is 0 Å². The van der Waals surface area contributed by atoms with Gasteiger partial charge in [-0.3, -0.25) is 0 Å². The van der Waals surface area contributed by atoms with Crippen LogP contribution in [-0.4, -0.2) is 5.17 Å². The summed E-state index contributed by atoms with van der Waals surface area (Å²) >= 11 is 11.3. The zero-order valence-corrected chi connectivity index (χ0v) is 7.52. The lowest BCUT2D eigenvalue weighted by Crippen LogP contribution is -2.05. The van der Waals surface area contributed by atoms with Crippen molar-refractivity contribution in [2.24, 2.45) is 16.6 Å². The van der Waals surface area contributed by atoms with E-state index in [0.717, 1.165) is 0 Å². The fourth-order valence-corrected chi connectivity index (χ4v) is 1.29. The average Bonchev–Trinajstić information content (AvgIpc) is 1.93. The molecule has 0 radical (unpaired) electrons. The maximum atomic E-state index is 5.68. The van der Waals surface area contributed by atoms with Crippen molar-refractivity contribution >= 4 is 28.4 Å². The SMILES string of the molecule is CC1C=C(Cl)N=C(Cl)C(N)=C1. The van der Waals surface area contributed by atoms with Gasteiger partial charge in [0.15, 0.2) is 5.17 Å². The predicted molar refractivity (Wildman–Crippen MR) is 48.7 cm³/mol. The molecule has 0 aliphatic carbocycles. The van der Waals surface area contributed by atoms with Gasteiger partial charge in [-0.1, -0.05) is 36.2 Å². The summed E-state index contributed by atoms with van der Waals surface area (Å²) < 4.78 is 0. The Kier molecular flexibility index (Phi) is 2.58. The van der Waals surface area contributed by atoms with Crippen molar-refractivity contribution in [3.8, 4) is 0 Å². The van der Waals surface area contributed by atoms with Crippen LogP contribution in [-0.2, 0) is 0 Å². The molecule has 0 aromatic carbocycles. The molecular formula is C7H8Cl2N2. The van der Waals surface area contributed by atoms with Crippen LogP contribution in [0.1, 0.15) is 6.92 Å². The molecule has 1 unspecified atom stereocenters. The number of rotatable bonds is 0. The minimum absolute atomic E-state index is 0.183. The van der Waals surface area contributed by atoms with Gasteiger partial charge >= 0.3 is 0 Å². The van der Waals surface area contributed by atoms with Crippen LogP contribution < -0.4 is 5.73 Å². The molecule has 0 spiro atoms. The summed E-state index contributed by atoms with van der Waals surface area (Å²) in [6.45, 7) is 1.96. The summed E-state index contributed by atoms with van der Waals surface area (Å²) in [5, 5.41) is 0.648. The van der Waals surface area contributed by atoms with Crippen molar-refractivity contribution in [1.82, 2.24) is 0 Å². The summed E-state index contributed by atoms with van der Waals surface area (Å²) in [6, 6.07) is 0. The van der Waals surface area contributed by atoms with Crippen molar-refractivity contribution < 1.29 is 0 Å². The molecule has 11 heavy (non-hydrogen) atoms. The molecule has 1 aliphatic heterocycles. The number of nitrogens with two attached hydrogens (primary N) is 1. The first-order chi connectivity index (χ1) is 5.09. The van der Waals surface area contributed by atoms with E-state index in [0.29, 0.717) is 10.9 Å². The average molecular weight is 191 g/mol. The third kappa shape index (κ3) is 2.24. The molecule has 1 atom stereocenters. The van der Waals surface area contributed by atoms with Gasteiger partial charge < -0.3 is 5.73 Å². The Bertz CT molecular complexity index is 253. The topological polar surface area (TPSA) is 38.4 Å². The van der Waals surface area contributed by atoms with Crippen LogP contribution >= 0.6 is 23.2 Å². The van der Waals surface area contributed by atoms with E-state index >= 15 is 0 Å². The Labute approximate surface area is 75.4 Å². The molecule has 1 rings (SSSR count). The molecule has 0 saturated carbocycles. The Morgan fingerprint density at radius 1 is 1.45 bits per heavy atom. The number of nitrogens with zero attached hydrogens (tertiary/aromatic N) is 1. The number of halogens is 2. The first-order valence-corrected chi connectivity index (χ1v) is 3.94. The fourth-order valence-electron chi connectivity index (χ4n) is 0.813. The van der Waals surface area contributed by atoms with E-state index in [4.69, 9.17) is 28.9 Å². The molecular weight excluding hydrogens is 183 g/mol. The largest absolute Gasteiger partial charge is 0.396 e. The number of hydrogen-bond donors (Lipinski definition) is 1. The Morgan fingerprint density at radius 3 is 2.73 bits per heavy atom. The van der Waals surface area contributed by atoms with Crippen LogP contribution in [0.4, 0.5) is 0 Å². The van der Waals surface area contributed by atoms with Gasteiger partial charge in [0.1, 0.15) is 5.16 Å². The standard InChI is InChI=1S/C7H8Cl2N2/c1-4-2-5(10)7(9)11-6(8)3-4/h2-4H,10H2,1H3. The summed E-state index contributed by atoms with van der Waals surface area (Å²) in [5.74, 6) is 0.183. The molecule has 4 heteroatoms. The van der Waals surface area contributed by atoms with Gasteiger partial charge in [-0.25, -0.2) is 4.99 Å². The van der Waals surface area contributed by atoms with E-state index in [1.807, 2.05) is 6.92 Å². The van der Waals surface area contributed by atoms with E-state index in [9.17, 15) is 0 Å².